The van der Waals surface area contributed by atoms with E-state index in [1.807, 2.05) is 0 Å². The summed E-state index contributed by atoms with van der Waals surface area (Å²) in [5.74, 6) is -0.646. The number of hydrogen-bond donors (Lipinski definition) is 3. The van der Waals surface area contributed by atoms with Gasteiger partial charge >= 0.3 is 0 Å². The molecular formula is C18H14N4O5S3. The Morgan fingerprint density at radius 2 is 1.77 bits per heavy atom. The van der Waals surface area contributed by atoms with Crippen molar-refractivity contribution in [3.05, 3.63) is 81.7 Å². The first-order valence-corrected chi connectivity index (χ1v) is 11.1. The van der Waals surface area contributed by atoms with Gasteiger partial charge in [-0.2, -0.15) is 0 Å². The van der Waals surface area contributed by atoms with E-state index >= 15 is 0 Å². The average molecular weight is 463 g/mol. The third-order valence-corrected chi connectivity index (χ3v) is 6.69. The number of carbonyl (C=O) groups excluding carboxylic acids is 1. The molecule has 154 valence electrons. The molecule has 0 radical (unpaired) electrons. The second kappa shape index (κ2) is 8.98. The fourth-order valence-electron chi connectivity index (χ4n) is 2.38. The average Bonchev–Trinajstić information content (AvgIpc) is 3.25. The van der Waals surface area contributed by atoms with Crippen LogP contribution in [0.1, 0.15) is 10.4 Å². The molecule has 0 atom stereocenters. The van der Waals surface area contributed by atoms with Crippen LogP contribution in [0.15, 0.2) is 70.3 Å². The van der Waals surface area contributed by atoms with E-state index in [1.54, 1.807) is 35.7 Å². The number of rotatable bonds is 6. The zero-order valence-electron chi connectivity index (χ0n) is 15.1. The number of non-ortho nitro benzene ring substituents is 1. The number of nitrogens with one attached hydrogen (secondary N) is 3. The number of nitro groups is 1. The Kier molecular flexibility index (Phi) is 6.40. The molecule has 3 N–H and O–H groups in total. The molecule has 1 heterocycles. The molecule has 12 heteroatoms. The molecule has 0 unspecified atom stereocenters. The molecule has 30 heavy (non-hydrogen) atoms. The maximum Gasteiger partial charge on any atom is 0.271 e. The Morgan fingerprint density at radius 3 is 2.43 bits per heavy atom. The lowest BCUT2D eigenvalue weighted by Gasteiger charge is -2.14. The molecule has 2 aromatic carbocycles. The fourth-order valence-corrected chi connectivity index (χ4v) is 4.66. The zero-order chi connectivity index (χ0) is 21.7. The van der Waals surface area contributed by atoms with E-state index in [-0.39, 0.29) is 26.3 Å². The van der Waals surface area contributed by atoms with Gasteiger partial charge < -0.3 is 5.32 Å². The molecule has 3 rings (SSSR count). The summed E-state index contributed by atoms with van der Waals surface area (Å²) in [6, 6.07) is 14.7. The standard InChI is InChI=1S/C18H14N4O5S3/c23-17(12-5-3-6-13(11-12)22(24)25)20-18(28)19-14-7-1-2-8-15(14)21-30(26,27)16-9-4-10-29-16/h1-11,21H,(H2,19,20,23,28). The predicted molar refractivity (Wildman–Crippen MR) is 118 cm³/mol. The van der Waals surface area contributed by atoms with Crippen LogP contribution in [0, 0.1) is 10.1 Å². The van der Waals surface area contributed by atoms with Crippen molar-refractivity contribution >= 4 is 61.7 Å². The number of carbonyl (C=O) groups is 1. The van der Waals surface area contributed by atoms with Crippen molar-refractivity contribution in [1.29, 1.82) is 0 Å². The number of benzene rings is 2. The highest BCUT2D eigenvalue weighted by Gasteiger charge is 2.18. The quantitative estimate of drug-likeness (QED) is 0.290. The highest BCUT2D eigenvalue weighted by molar-refractivity contribution is 7.94. The van der Waals surface area contributed by atoms with Crippen molar-refractivity contribution in [2.24, 2.45) is 0 Å². The molecule has 1 amide bonds. The van der Waals surface area contributed by atoms with Crippen LogP contribution in [-0.2, 0) is 10.0 Å². The second-order valence-electron chi connectivity index (χ2n) is 5.80. The number of nitrogens with zero attached hydrogens (tertiary/aromatic N) is 1. The van der Waals surface area contributed by atoms with Gasteiger partial charge in [0.15, 0.2) is 5.11 Å². The SMILES string of the molecule is O=C(NC(=S)Nc1ccccc1NS(=O)(=O)c1cccs1)c1cccc([N+](=O)[O-])c1. The molecule has 0 spiro atoms. The molecule has 0 saturated heterocycles. The third-order valence-electron chi connectivity index (χ3n) is 3.73. The minimum absolute atomic E-state index is 0.0556. The molecule has 1 aromatic heterocycles. The molecule has 0 aliphatic rings. The van der Waals surface area contributed by atoms with Gasteiger partial charge in [0.25, 0.3) is 21.6 Å². The summed E-state index contributed by atoms with van der Waals surface area (Å²) in [6.45, 7) is 0. The summed E-state index contributed by atoms with van der Waals surface area (Å²) >= 11 is 6.20. The first-order valence-electron chi connectivity index (χ1n) is 8.28. The number of amides is 1. The number of anilines is 2. The van der Waals surface area contributed by atoms with Crippen LogP contribution < -0.4 is 15.4 Å². The Labute approximate surface area is 180 Å². The summed E-state index contributed by atoms with van der Waals surface area (Å²) in [6.07, 6.45) is 0. The molecular weight excluding hydrogens is 448 g/mol. The number of sulfonamides is 1. The Hall–Kier alpha value is -3.35. The van der Waals surface area contributed by atoms with Crippen LogP contribution in [0.4, 0.5) is 17.1 Å². The van der Waals surface area contributed by atoms with Gasteiger partial charge in [0.1, 0.15) is 4.21 Å². The van der Waals surface area contributed by atoms with E-state index < -0.39 is 20.9 Å². The molecule has 9 nitrogen and oxygen atoms in total. The highest BCUT2D eigenvalue weighted by Crippen LogP contribution is 2.26. The van der Waals surface area contributed by atoms with Crippen LogP contribution in [0.3, 0.4) is 0 Å². The zero-order valence-corrected chi connectivity index (χ0v) is 17.5. The van der Waals surface area contributed by atoms with Crippen LogP contribution in [-0.4, -0.2) is 24.4 Å². The van der Waals surface area contributed by atoms with Gasteiger partial charge in [-0.25, -0.2) is 8.42 Å². The number of thiocarbonyl (C=S) groups is 1. The number of hydrogen-bond acceptors (Lipinski definition) is 7. The number of nitro benzene ring substituents is 1. The normalized spacial score (nSPS) is 10.8. The molecule has 0 saturated carbocycles. The molecule has 0 aliphatic heterocycles. The minimum atomic E-state index is -3.77. The maximum atomic E-state index is 12.5. The number of para-hydroxylation sites is 2. The van der Waals surface area contributed by atoms with Gasteiger partial charge in [0, 0.05) is 17.7 Å². The molecule has 0 aliphatic carbocycles. The largest absolute Gasteiger partial charge is 0.331 e. The topological polar surface area (TPSA) is 130 Å². The summed E-state index contributed by atoms with van der Waals surface area (Å²) < 4.78 is 27.6. The Balaban J connectivity index is 1.72. The van der Waals surface area contributed by atoms with Crippen LogP contribution in [0.5, 0.6) is 0 Å². The van der Waals surface area contributed by atoms with Crippen molar-refractivity contribution in [3.8, 4) is 0 Å². The third kappa shape index (κ3) is 5.17. The molecule has 0 bridgehead atoms. The Morgan fingerprint density at radius 1 is 1.03 bits per heavy atom. The lowest BCUT2D eigenvalue weighted by atomic mass is 10.2. The van der Waals surface area contributed by atoms with E-state index in [9.17, 15) is 23.3 Å². The molecule has 3 aromatic rings. The van der Waals surface area contributed by atoms with Gasteiger partial charge in [-0.3, -0.25) is 24.9 Å². The van der Waals surface area contributed by atoms with Crippen molar-refractivity contribution in [1.82, 2.24) is 5.32 Å². The lowest BCUT2D eigenvalue weighted by Crippen LogP contribution is -2.34. The maximum absolute atomic E-state index is 12.5. The van der Waals surface area contributed by atoms with E-state index in [1.165, 1.54) is 24.3 Å². The fraction of sp³-hybridized carbons (Fsp3) is 0. The van der Waals surface area contributed by atoms with Crippen LogP contribution in [0.25, 0.3) is 0 Å². The van der Waals surface area contributed by atoms with Gasteiger partial charge in [0.05, 0.1) is 16.3 Å². The van der Waals surface area contributed by atoms with Crippen molar-refractivity contribution < 1.29 is 18.1 Å². The Bertz CT molecular complexity index is 1210. The van der Waals surface area contributed by atoms with Gasteiger partial charge in [-0.15, -0.1) is 11.3 Å². The van der Waals surface area contributed by atoms with Crippen molar-refractivity contribution in [2.75, 3.05) is 10.0 Å². The molecule has 0 fully saturated rings. The highest BCUT2D eigenvalue weighted by atomic mass is 32.2. The van der Waals surface area contributed by atoms with Crippen molar-refractivity contribution in [2.45, 2.75) is 4.21 Å². The summed E-state index contributed by atoms with van der Waals surface area (Å²) in [4.78, 5) is 22.6. The summed E-state index contributed by atoms with van der Waals surface area (Å²) in [7, 11) is -3.77. The first-order chi connectivity index (χ1) is 14.3. The second-order valence-corrected chi connectivity index (χ2v) is 9.06. The lowest BCUT2D eigenvalue weighted by molar-refractivity contribution is -0.384. The van der Waals surface area contributed by atoms with E-state index in [4.69, 9.17) is 12.2 Å². The van der Waals surface area contributed by atoms with E-state index in [0.717, 1.165) is 17.4 Å². The monoisotopic (exact) mass is 462 g/mol. The van der Waals surface area contributed by atoms with E-state index in [0.29, 0.717) is 5.69 Å². The van der Waals surface area contributed by atoms with E-state index in [2.05, 4.69) is 15.4 Å². The smallest absolute Gasteiger partial charge is 0.271 e. The van der Waals surface area contributed by atoms with Gasteiger partial charge in [0.2, 0.25) is 0 Å². The summed E-state index contributed by atoms with van der Waals surface area (Å²) in [5.41, 5.74) is 0.384. The van der Waals surface area contributed by atoms with Gasteiger partial charge in [-0.05, 0) is 41.9 Å². The minimum Gasteiger partial charge on any atom is -0.331 e. The van der Waals surface area contributed by atoms with Crippen LogP contribution in [0.2, 0.25) is 0 Å². The van der Waals surface area contributed by atoms with Gasteiger partial charge in [-0.1, -0.05) is 24.3 Å². The van der Waals surface area contributed by atoms with Crippen molar-refractivity contribution in [3.63, 3.8) is 0 Å². The first kappa shape index (κ1) is 21.4. The predicted octanol–water partition coefficient (Wildman–Crippen LogP) is 3.58. The van der Waals surface area contributed by atoms with Crippen LogP contribution >= 0.6 is 23.6 Å². The number of thiophene rings is 1. The summed E-state index contributed by atoms with van der Waals surface area (Å²) in [5, 5.41) is 17.6.